The summed E-state index contributed by atoms with van der Waals surface area (Å²) in [6.45, 7) is 1.37. The molecule has 18 heteroatoms. The molecule has 0 aromatic heterocycles. The average molecular weight is 452 g/mol. The third kappa shape index (κ3) is 6.27. The summed E-state index contributed by atoms with van der Waals surface area (Å²) < 4.78 is 181. The molecule has 0 spiro atoms. The van der Waals surface area contributed by atoms with E-state index >= 15 is 0 Å². The smallest absolute Gasteiger partial charge is 0.415 e. The largest absolute Gasteiger partial charge is 1.00 e. The second kappa shape index (κ2) is 9.00. The van der Waals surface area contributed by atoms with Crippen LogP contribution in [-0.2, 0) is 10.1 Å². The molecule has 26 heavy (non-hydrogen) atoms. The number of hydrogen-bond acceptors (Lipinski definition) is 2. The van der Waals surface area contributed by atoms with E-state index in [0.717, 1.165) is 0 Å². The van der Waals surface area contributed by atoms with Crippen molar-refractivity contribution in [3.63, 3.8) is 0 Å². The van der Waals surface area contributed by atoms with Crippen LogP contribution in [0, 0.1) is 6.43 Å². The van der Waals surface area contributed by atoms with Gasteiger partial charge in [0.25, 0.3) is 16.0 Å². The summed E-state index contributed by atoms with van der Waals surface area (Å²) in [5, 5.41) is 0. The molecule has 0 aliphatic rings. The van der Waals surface area contributed by atoms with E-state index in [-0.39, 0.29) is 35.3 Å². The van der Waals surface area contributed by atoms with Crippen molar-refractivity contribution in [2.75, 3.05) is 5.75 Å². The van der Waals surface area contributed by atoms with Gasteiger partial charge in [0.15, 0.2) is 0 Å². The summed E-state index contributed by atoms with van der Waals surface area (Å²) in [5.41, 5.74) is 0. The van der Waals surface area contributed by atoms with Gasteiger partial charge in [-0.15, -0.1) is 0 Å². The first-order valence-corrected chi connectivity index (χ1v) is 6.83. The predicted octanol–water partition coefficient (Wildman–Crippen LogP) is 1.42. The standard InChI is InChI=1S/C6F13.C2H6O3S.Na/c7-1(8)2(9,10)3(11,12)4(13,14)5(15,16)6(17,18)19;1-2-6(3,4)5;/h;2H2,1H3,(H,3,4,5);/q-1;;+1. The molecule has 0 heterocycles. The van der Waals surface area contributed by atoms with Crippen LogP contribution in [0.5, 0.6) is 0 Å². The molecule has 0 aliphatic heterocycles. The fourth-order valence-corrected chi connectivity index (χ4v) is 0.691. The van der Waals surface area contributed by atoms with Gasteiger partial charge in [0.2, 0.25) is 0 Å². The van der Waals surface area contributed by atoms with Crippen molar-refractivity contribution in [1.82, 2.24) is 0 Å². The normalized spacial score (nSPS) is 14.5. The van der Waals surface area contributed by atoms with Crippen LogP contribution < -0.4 is 29.6 Å². The zero-order chi connectivity index (χ0) is 21.3. The van der Waals surface area contributed by atoms with E-state index in [1.165, 1.54) is 6.92 Å². The van der Waals surface area contributed by atoms with E-state index in [1.807, 2.05) is 0 Å². The van der Waals surface area contributed by atoms with E-state index in [2.05, 4.69) is 0 Å². The number of hydrogen-bond donors (Lipinski definition) is 1. The second-order valence-electron chi connectivity index (χ2n) is 3.93. The summed E-state index contributed by atoms with van der Waals surface area (Å²) in [4.78, 5) is 0. The molecule has 0 aromatic carbocycles. The van der Waals surface area contributed by atoms with Gasteiger partial charge in [-0.3, -0.25) is 4.55 Å². The molecule has 154 valence electrons. The minimum Gasteiger partial charge on any atom is -0.415 e. The van der Waals surface area contributed by atoms with Crippen molar-refractivity contribution in [3.05, 3.63) is 6.43 Å². The van der Waals surface area contributed by atoms with Crippen LogP contribution in [0.1, 0.15) is 6.92 Å². The van der Waals surface area contributed by atoms with Gasteiger partial charge in [-0.25, -0.2) is 8.78 Å². The molecule has 0 radical (unpaired) electrons. The van der Waals surface area contributed by atoms with Gasteiger partial charge in [-0.1, -0.05) is 0 Å². The first-order chi connectivity index (χ1) is 10.5. The molecule has 0 aliphatic carbocycles. The van der Waals surface area contributed by atoms with Crippen LogP contribution in [0.3, 0.4) is 0 Å². The quantitative estimate of drug-likeness (QED) is 0.297. The summed E-state index contributed by atoms with van der Waals surface area (Å²) >= 11 is 0. The summed E-state index contributed by atoms with van der Waals surface area (Å²) in [6.07, 6.45) is -12.1. The van der Waals surface area contributed by atoms with Crippen LogP contribution >= 0.6 is 0 Å². The zero-order valence-corrected chi connectivity index (χ0v) is 15.1. The van der Waals surface area contributed by atoms with Gasteiger partial charge in [0.1, 0.15) is 0 Å². The molecule has 0 fully saturated rings. The van der Waals surface area contributed by atoms with Crippen LogP contribution in [-0.4, -0.2) is 48.6 Å². The van der Waals surface area contributed by atoms with Crippen molar-refractivity contribution >= 4 is 10.1 Å². The van der Waals surface area contributed by atoms with Crippen molar-refractivity contribution in [2.45, 2.75) is 36.8 Å². The molecule has 1 N–H and O–H groups in total. The SMILES string of the molecule is CCS(=O)(=O)O.F[C-](F)C(F)(F)C(F)(F)C(F)(F)C(F)(F)C(F)(F)F.[Na+]. The third-order valence-corrected chi connectivity index (χ3v) is 2.87. The molecule has 0 saturated heterocycles. The Morgan fingerprint density at radius 1 is 0.769 bits per heavy atom. The molecule has 0 aromatic rings. The van der Waals surface area contributed by atoms with E-state index < -0.39 is 46.4 Å². The van der Waals surface area contributed by atoms with E-state index in [1.54, 1.807) is 0 Å². The Morgan fingerprint density at radius 3 is 1.19 bits per heavy atom. The third-order valence-electron chi connectivity index (χ3n) is 2.14. The summed E-state index contributed by atoms with van der Waals surface area (Å²) in [7, 11) is -3.66. The predicted molar refractivity (Wildman–Crippen MR) is 53.4 cm³/mol. The van der Waals surface area contributed by atoms with E-state index in [4.69, 9.17) is 4.55 Å². The van der Waals surface area contributed by atoms with Crippen molar-refractivity contribution in [1.29, 1.82) is 0 Å². The average Bonchev–Trinajstić information content (AvgIpc) is 2.36. The van der Waals surface area contributed by atoms with E-state index in [9.17, 15) is 65.5 Å². The van der Waals surface area contributed by atoms with Gasteiger partial charge >= 0.3 is 53.5 Å². The Morgan fingerprint density at radius 2 is 1.04 bits per heavy atom. The Hall–Kier alpha value is -0.000000000000000444. The Bertz CT molecular complexity index is 542. The van der Waals surface area contributed by atoms with Gasteiger partial charge in [-0.05, 0) is 6.92 Å². The van der Waals surface area contributed by atoms with Gasteiger partial charge in [0, 0.05) is 0 Å². The minimum atomic E-state index is -7.80. The molecule has 0 rings (SSSR count). The first kappa shape index (κ1) is 30.7. The Balaban J connectivity index is -0.000000649. The second-order valence-corrected chi connectivity index (χ2v) is 5.67. The number of alkyl halides is 11. The molecule has 0 bridgehead atoms. The number of halogens is 13. The monoisotopic (exact) mass is 452 g/mol. The van der Waals surface area contributed by atoms with Gasteiger partial charge < -0.3 is 8.78 Å². The molecule has 3 nitrogen and oxygen atoms in total. The fraction of sp³-hybridized carbons (Fsp3) is 0.875. The zero-order valence-electron chi connectivity index (χ0n) is 12.3. The van der Waals surface area contributed by atoms with E-state index in [0.29, 0.717) is 0 Å². The summed E-state index contributed by atoms with van der Waals surface area (Å²) in [6, 6.07) is 0. The van der Waals surface area contributed by atoms with Crippen molar-refractivity contribution in [3.8, 4) is 0 Å². The topological polar surface area (TPSA) is 54.4 Å². The molecular formula is C8H6F13NaO3S. The molecule has 0 amide bonds. The minimum absolute atomic E-state index is 0. The fourth-order valence-electron chi connectivity index (χ4n) is 0.691. The van der Waals surface area contributed by atoms with Crippen molar-refractivity contribution < 1.29 is 99.6 Å². The molecule has 0 unspecified atom stereocenters. The maximum Gasteiger partial charge on any atom is 1.00 e. The first-order valence-electron chi connectivity index (χ1n) is 5.22. The maximum atomic E-state index is 12.3. The van der Waals surface area contributed by atoms with Crippen LogP contribution in [0.25, 0.3) is 0 Å². The van der Waals surface area contributed by atoms with Crippen LogP contribution in [0.15, 0.2) is 0 Å². The molecular weight excluding hydrogens is 446 g/mol. The number of rotatable bonds is 5. The Labute approximate surface area is 158 Å². The maximum absolute atomic E-state index is 12.3. The van der Waals surface area contributed by atoms with Gasteiger partial charge in [0.05, 0.1) is 12.2 Å². The Kier molecular flexibility index (Phi) is 10.6. The molecule has 0 saturated carbocycles. The summed E-state index contributed by atoms with van der Waals surface area (Å²) in [5.74, 6) is -30.5. The van der Waals surface area contributed by atoms with Crippen LogP contribution in [0.2, 0.25) is 0 Å². The van der Waals surface area contributed by atoms with Crippen molar-refractivity contribution in [2.24, 2.45) is 0 Å². The molecule has 0 atom stereocenters. The van der Waals surface area contributed by atoms with Gasteiger partial charge in [-0.2, -0.15) is 47.9 Å². The van der Waals surface area contributed by atoms with Crippen LogP contribution in [0.4, 0.5) is 57.1 Å².